The van der Waals surface area contributed by atoms with Gasteiger partial charge in [0.2, 0.25) is 0 Å². The van der Waals surface area contributed by atoms with Crippen LogP contribution in [-0.2, 0) is 6.54 Å². The van der Waals surface area contributed by atoms with Gasteiger partial charge in [0.15, 0.2) is 0 Å². The van der Waals surface area contributed by atoms with E-state index in [1.807, 2.05) is 0 Å². The van der Waals surface area contributed by atoms with Crippen LogP contribution in [0.4, 0.5) is 0 Å². The first-order valence-electron chi connectivity index (χ1n) is 6.58. The maximum Gasteiger partial charge on any atom is 0.0230 e. The fourth-order valence-corrected chi connectivity index (χ4v) is 2.60. The molecule has 1 aliphatic rings. The Balaban J connectivity index is 1.85. The van der Waals surface area contributed by atoms with Gasteiger partial charge in [0.25, 0.3) is 0 Å². The molecule has 0 aromatic heterocycles. The highest BCUT2D eigenvalue weighted by Gasteiger charge is 2.42. The molecule has 17 heavy (non-hydrogen) atoms. The monoisotopic (exact) mass is 232 g/mol. The van der Waals surface area contributed by atoms with E-state index in [0.717, 1.165) is 13.1 Å². The Bertz CT molecular complexity index is 352. The fraction of sp³-hybridized carbons (Fsp3) is 0.600. The van der Waals surface area contributed by atoms with Crippen molar-refractivity contribution in [2.24, 2.45) is 11.1 Å². The van der Waals surface area contributed by atoms with Gasteiger partial charge in [-0.05, 0) is 50.8 Å². The molecule has 0 bridgehead atoms. The summed E-state index contributed by atoms with van der Waals surface area (Å²) in [5, 5.41) is 0. The third kappa shape index (κ3) is 3.55. The molecule has 0 heterocycles. The predicted octanol–water partition coefficient (Wildman–Crippen LogP) is 2.56. The van der Waals surface area contributed by atoms with Crippen molar-refractivity contribution in [1.29, 1.82) is 0 Å². The number of nitrogens with zero attached hydrogens (tertiary/aromatic N) is 1. The summed E-state index contributed by atoms with van der Waals surface area (Å²) in [5.41, 5.74) is 8.97. The van der Waals surface area contributed by atoms with Gasteiger partial charge in [-0.3, -0.25) is 0 Å². The summed E-state index contributed by atoms with van der Waals surface area (Å²) < 4.78 is 0. The molecule has 1 aromatic carbocycles. The summed E-state index contributed by atoms with van der Waals surface area (Å²) >= 11 is 0. The van der Waals surface area contributed by atoms with Gasteiger partial charge >= 0.3 is 0 Å². The molecule has 2 nitrogen and oxygen atoms in total. The lowest BCUT2D eigenvalue weighted by atomic mass is 10.0. The zero-order valence-electron chi connectivity index (χ0n) is 11.1. The minimum atomic E-state index is 0.550. The van der Waals surface area contributed by atoms with Crippen molar-refractivity contribution in [3.05, 3.63) is 35.4 Å². The highest BCUT2D eigenvalue weighted by molar-refractivity contribution is 5.21. The largest absolute Gasteiger partial charge is 0.330 e. The SMILES string of the molecule is Cc1ccc(CN(C)CC2(CCN)CC2)cc1. The maximum atomic E-state index is 5.68. The van der Waals surface area contributed by atoms with Gasteiger partial charge in [-0.25, -0.2) is 0 Å². The molecule has 2 heteroatoms. The summed E-state index contributed by atoms with van der Waals surface area (Å²) in [7, 11) is 2.22. The molecule has 1 fully saturated rings. The first-order chi connectivity index (χ1) is 8.13. The van der Waals surface area contributed by atoms with Gasteiger partial charge in [0.05, 0.1) is 0 Å². The van der Waals surface area contributed by atoms with Gasteiger partial charge in [-0.1, -0.05) is 29.8 Å². The molecule has 1 aliphatic carbocycles. The lowest BCUT2D eigenvalue weighted by Gasteiger charge is -2.23. The Morgan fingerprint density at radius 3 is 2.41 bits per heavy atom. The molecule has 1 aromatic rings. The van der Waals surface area contributed by atoms with Crippen molar-refractivity contribution in [3.8, 4) is 0 Å². The zero-order valence-corrected chi connectivity index (χ0v) is 11.1. The van der Waals surface area contributed by atoms with Crippen LogP contribution < -0.4 is 5.73 Å². The highest BCUT2D eigenvalue weighted by atomic mass is 15.1. The summed E-state index contributed by atoms with van der Waals surface area (Å²) in [5.74, 6) is 0. The van der Waals surface area contributed by atoms with Crippen molar-refractivity contribution in [2.45, 2.75) is 32.7 Å². The Labute approximate surface area is 105 Å². The van der Waals surface area contributed by atoms with Crippen molar-refractivity contribution in [1.82, 2.24) is 4.90 Å². The minimum absolute atomic E-state index is 0.550. The van der Waals surface area contributed by atoms with E-state index in [9.17, 15) is 0 Å². The molecule has 0 saturated heterocycles. The van der Waals surface area contributed by atoms with Crippen LogP contribution in [0.25, 0.3) is 0 Å². The molecular formula is C15H24N2. The Morgan fingerprint density at radius 2 is 1.88 bits per heavy atom. The lowest BCUT2D eigenvalue weighted by molar-refractivity contribution is 0.248. The van der Waals surface area contributed by atoms with Crippen molar-refractivity contribution in [3.63, 3.8) is 0 Å². The van der Waals surface area contributed by atoms with Crippen LogP contribution in [0.15, 0.2) is 24.3 Å². The summed E-state index contributed by atoms with van der Waals surface area (Å²) in [4.78, 5) is 2.44. The van der Waals surface area contributed by atoms with Gasteiger partial charge in [-0.15, -0.1) is 0 Å². The van der Waals surface area contributed by atoms with Crippen molar-refractivity contribution < 1.29 is 0 Å². The van der Waals surface area contributed by atoms with Crippen molar-refractivity contribution >= 4 is 0 Å². The van der Waals surface area contributed by atoms with Gasteiger partial charge in [-0.2, -0.15) is 0 Å². The smallest absolute Gasteiger partial charge is 0.0230 e. The summed E-state index contributed by atoms with van der Waals surface area (Å²) in [6.07, 6.45) is 3.91. The maximum absolute atomic E-state index is 5.68. The average Bonchev–Trinajstić information content (AvgIpc) is 3.02. The van der Waals surface area contributed by atoms with E-state index in [0.29, 0.717) is 5.41 Å². The minimum Gasteiger partial charge on any atom is -0.330 e. The zero-order chi connectivity index (χ0) is 12.3. The van der Waals surface area contributed by atoms with E-state index >= 15 is 0 Å². The molecule has 0 unspecified atom stereocenters. The standard InChI is InChI=1S/C15H24N2/c1-13-3-5-14(6-4-13)11-17(2)12-15(7-8-15)9-10-16/h3-6H,7-12,16H2,1-2H3. The fourth-order valence-electron chi connectivity index (χ4n) is 2.60. The molecule has 94 valence electrons. The first kappa shape index (κ1) is 12.6. The molecule has 0 radical (unpaired) electrons. The number of benzene rings is 1. The van der Waals surface area contributed by atoms with Crippen LogP contribution in [0.2, 0.25) is 0 Å². The Morgan fingerprint density at radius 1 is 1.24 bits per heavy atom. The topological polar surface area (TPSA) is 29.3 Å². The predicted molar refractivity (Wildman–Crippen MR) is 72.9 cm³/mol. The molecule has 2 rings (SSSR count). The van der Waals surface area contributed by atoms with Crippen LogP contribution in [0, 0.1) is 12.3 Å². The first-order valence-corrected chi connectivity index (χ1v) is 6.58. The number of aryl methyl sites for hydroxylation is 1. The second-order valence-corrected chi connectivity index (χ2v) is 5.70. The normalized spacial score (nSPS) is 17.4. The van der Waals surface area contributed by atoms with E-state index < -0.39 is 0 Å². The van der Waals surface area contributed by atoms with E-state index in [-0.39, 0.29) is 0 Å². The number of hydrogen-bond donors (Lipinski definition) is 1. The van der Waals surface area contributed by atoms with Crippen LogP contribution in [0.3, 0.4) is 0 Å². The average molecular weight is 232 g/mol. The molecule has 0 spiro atoms. The summed E-state index contributed by atoms with van der Waals surface area (Å²) in [6, 6.07) is 8.84. The van der Waals surface area contributed by atoms with E-state index in [4.69, 9.17) is 5.73 Å². The van der Waals surface area contributed by atoms with E-state index in [2.05, 4.69) is 43.1 Å². The van der Waals surface area contributed by atoms with Crippen LogP contribution in [-0.4, -0.2) is 25.0 Å². The summed E-state index contributed by atoms with van der Waals surface area (Å²) in [6.45, 7) is 5.21. The molecular weight excluding hydrogens is 208 g/mol. The number of rotatable bonds is 6. The van der Waals surface area contributed by atoms with Crippen LogP contribution >= 0.6 is 0 Å². The molecule has 0 amide bonds. The second-order valence-electron chi connectivity index (χ2n) is 5.70. The quantitative estimate of drug-likeness (QED) is 0.816. The number of nitrogens with two attached hydrogens (primary N) is 1. The van der Waals surface area contributed by atoms with Gasteiger partial charge < -0.3 is 10.6 Å². The van der Waals surface area contributed by atoms with Crippen molar-refractivity contribution in [2.75, 3.05) is 20.1 Å². The Kier molecular flexibility index (Phi) is 3.85. The highest BCUT2D eigenvalue weighted by Crippen LogP contribution is 2.48. The van der Waals surface area contributed by atoms with Gasteiger partial charge in [0, 0.05) is 13.1 Å². The second kappa shape index (κ2) is 5.19. The van der Waals surface area contributed by atoms with Gasteiger partial charge in [0.1, 0.15) is 0 Å². The third-order valence-corrected chi connectivity index (χ3v) is 3.81. The molecule has 0 atom stereocenters. The van der Waals surface area contributed by atoms with E-state index in [1.165, 1.54) is 36.9 Å². The van der Waals surface area contributed by atoms with Crippen LogP contribution in [0.5, 0.6) is 0 Å². The molecule has 2 N–H and O–H groups in total. The molecule has 1 saturated carbocycles. The number of hydrogen-bond acceptors (Lipinski definition) is 2. The lowest BCUT2D eigenvalue weighted by Crippen LogP contribution is -2.27. The third-order valence-electron chi connectivity index (χ3n) is 3.81. The Hall–Kier alpha value is -0.860. The van der Waals surface area contributed by atoms with E-state index in [1.54, 1.807) is 0 Å². The molecule has 0 aliphatic heterocycles. The van der Waals surface area contributed by atoms with Crippen LogP contribution in [0.1, 0.15) is 30.4 Å².